The predicted molar refractivity (Wildman–Crippen MR) is 81.4 cm³/mol. The zero-order valence-electron chi connectivity index (χ0n) is 12.4. The van der Waals surface area contributed by atoms with Crippen LogP contribution in [-0.4, -0.2) is 12.1 Å². The van der Waals surface area contributed by atoms with Crippen LogP contribution < -0.4 is 11.1 Å². The fourth-order valence-electron chi connectivity index (χ4n) is 3.78. The van der Waals surface area contributed by atoms with Gasteiger partial charge in [-0.3, -0.25) is 0 Å². The topological polar surface area (TPSA) is 38.0 Å². The van der Waals surface area contributed by atoms with E-state index in [9.17, 15) is 0 Å². The molecule has 0 heterocycles. The van der Waals surface area contributed by atoms with Gasteiger partial charge in [0, 0.05) is 17.8 Å². The third kappa shape index (κ3) is 2.51. The molecule has 3 N–H and O–H groups in total. The van der Waals surface area contributed by atoms with Gasteiger partial charge in [0.25, 0.3) is 0 Å². The molecule has 2 aliphatic rings. The van der Waals surface area contributed by atoms with E-state index in [2.05, 4.69) is 50.4 Å². The SMILES string of the molecule is CC(C)(C)c1ccc(NC2CC3(CC(N)C3)C2)cc1. The first-order valence-corrected chi connectivity index (χ1v) is 7.49. The molecule has 0 amide bonds. The zero-order chi connectivity index (χ0) is 13.7. The van der Waals surface area contributed by atoms with Crippen LogP contribution >= 0.6 is 0 Å². The van der Waals surface area contributed by atoms with Crippen LogP contribution in [0.1, 0.15) is 52.0 Å². The quantitative estimate of drug-likeness (QED) is 0.849. The van der Waals surface area contributed by atoms with Gasteiger partial charge < -0.3 is 11.1 Å². The van der Waals surface area contributed by atoms with E-state index in [1.165, 1.54) is 36.9 Å². The molecular weight excluding hydrogens is 232 g/mol. The fourth-order valence-corrected chi connectivity index (χ4v) is 3.78. The molecule has 1 spiro atoms. The molecule has 2 aliphatic carbocycles. The third-order valence-electron chi connectivity index (χ3n) is 4.87. The van der Waals surface area contributed by atoms with Crippen molar-refractivity contribution in [2.75, 3.05) is 5.32 Å². The predicted octanol–water partition coefficient (Wildman–Crippen LogP) is 3.67. The molecule has 0 unspecified atom stereocenters. The number of benzene rings is 1. The van der Waals surface area contributed by atoms with Crippen molar-refractivity contribution in [1.29, 1.82) is 0 Å². The normalized spacial score (nSPS) is 33.7. The Morgan fingerprint density at radius 1 is 1.05 bits per heavy atom. The minimum atomic E-state index is 0.237. The van der Waals surface area contributed by atoms with E-state index in [-0.39, 0.29) is 5.41 Å². The Labute approximate surface area is 116 Å². The number of hydrogen-bond donors (Lipinski definition) is 2. The van der Waals surface area contributed by atoms with Crippen LogP contribution in [0.15, 0.2) is 24.3 Å². The van der Waals surface area contributed by atoms with E-state index in [1.807, 2.05) is 0 Å². The van der Waals surface area contributed by atoms with Gasteiger partial charge in [0.2, 0.25) is 0 Å². The highest BCUT2D eigenvalue weighted by molar-refractivity contribution is 5.47. The Kier molecular flexibility index (Phi) is 2.90. The number of hydrogen-bond acceptors (Lipinski definition) is 2. The van der Waals surface area contributed by atoms with Gasteiger partial charge >= 0.3 is 0 Å². The summed E-state index contributed by atoms with van der Waals surface area (Å²) in [5.74, 6) is 0. The first-order chi connectivity index (χ1) is 8.86. The molecule has 1 aromatic rings. The van der Waals surface area contributed by atoms with Crippen LogP contribution in [0.4, 0.5) is 5.69 Å². The number of nitrogens with one attached hydrogen (secondary N) is 1. The Hall–Kier alpha value is -1.02. The minimum absolute atomic E-state index is 0.237. The van der Waals surface area contributed by atoms with E-state index >= 15 is 0 Å². The first-order valence-electron chi connectivity index (χ1n) is 7.49. The van der Waals surface area contributed by atoms with Gasteiger partial charge in [0.1, 0.15) is 0 Å². The Morgan fingerprint density at radius 2 is 1.63 bits per heavy atom. The summed E-state index contributed by atoms with van der Waals surface area (Å²) < 4.78 is 0. The van der Waals surface area contributed by atoms with Crippen molar-refractivity contribution >= 4 is 5.69 Å². The van der Waals surface area contributed by atoms with Gasteiger partial charge in [-0.05, 0) is 54.2 Å². The lowest BCUT2D eigenvalue weighted by molar-refractivity contribution is 0.00121. The lowest BCUT2D eigenvalue weighted by atomic mass is 9.52. The number of nitrogens with two attached hydrogens (primary N) is 1. The molecule has 1 aromatic carbocycles. The second kappa shape index (κ2) is 4.24. The average molecular weight is 258 g/mol. The molecule has 0 aliphatic heterocycles. The zero-order valence-corrected chi connectivity index (χ0v) is 12.4. The van der Waals surface area contributed by atoms with Crippen molar-refractivity contribution in [3.8, 4) is 0 Å². The van der Waals surface area contributed by atoms with Crippen molar-refractivity contribution < 1.29 is 0 Å². The summed E-state index contributed by atoms with van der Waals surface area (Å²) in [6.07, 6.45) is 5.10. The first kappa shape index (κ1) is 13.0. The molecule has 2 saturated carbocycles. The molecule has 2 heteroatoms. The minimum Gasteiger partial charge on any atom is -0.382 e. The lowest BCUT2D eigenvalue weighted by Gasteiger charge is -2.57. The standard InChI is InChI=1S/C17H26N2/c1-16(2,3)12-4-6-14(7-5-12)19-15-10-17(11-15)8-13(18)9-17/h4-7,13,15,19H,8-11,18H2,1-3H3. The molecule has 0 atom stereocenters. The molecule has 3 rings (SSSR count). The average Bonchev–Trinajstić information content (AvgIpc) is 2.23. The van der Waals surface area contributed by atoms with E-state index in [0.717, 1.165) is 0 Å². The van der Waals surface area contributed by atoms with Crippen molar-refractivity contribution in [3.05, 3.63) is 29.8 Å². The maximum absolute atomic E-state index is 5.90. The van der Waals surface area contributed by atoms with Gasteiger partial charge in [0.05, 0.1) is 0 Å². The van der Waals surface area contributed by atoms with Crippen molar-refractivity contribution in [1.82, 2.24) is 0 Å². The fraction of sp³-hybridized carbons (Fsp3) is 0.647. The van der Waals surface area contributed by atoms with Gasteiger partial charge in [-0.2, -0.15) is 0 Å². The summed E-state index contributed by atoms with van der Waals surface area (Å²) >= 11 is 0. The largest absolute Gasteiger partial charge is 0.382 e. The lowest BCUT2D eigenvalue weighted by Crippen LogP contribution is -2.57. The molecule has 2 fully saturated rings. The summed E-state index contributed by atoms with van der Waals surface area (Å²) in [5.41, 5.74) is 9.41. The van der Waals surface area contributed by atoms with Crippen LogP contribution in [0.2, 0.25) is 0 Å². The number of rotatable bonds is 2. The van der Waals surface area contributed by atoms with Crippen LogP contribution in [0.5, 0.6) is 0 Å². The van der Waals surface area contributed by atoms with Gasteiger partial charge in [0.15, 0.2) is 0 Å². The highest BCUT2D eigenvalue weighted by Gasteiger charge is 2.51. The van der Waals surface area contributed by atoms with Crippen LogP contribution in [0.3, 0.4) is 0 Å². The van der Waals surface area contributed by atoms with Gasteiger partial charge in [-0.15, -0.1) is 0 Å². The highest BCUT2D eigenvalue weighted by atomic mass is 15.0. The van der Waals surface area contributed by atoms with E-state index in [4.69, 9.17) is 5.73 Å². The van der Waals surface area contributed by atoms with Gasteiger partial charge in [-0.25, -0.2) is 0 Å². The second-order valence-electron chi connectivity index (χ2n) is 7.75. The molecule has 0 aromatic heterocycles. The summed E-state index contributed by atoms with van der Waals surface area (Å²) in [6.45, 7) is 6.76. The number of anilines is 1. The molecular formula is C17H26N2. The van der Waals surface area contributed by atoms with Crippen LogP contribution in [-0.2, 0) is 5.41 Å². The van der Waals surface area contributed by atoms with E-state index in [1.54, 1.807) is 0 Å². The maximum atomic E-state index is 5.90. The third-order valence-corrected chi connectivity index (χ3v) is 4.87. The van der Waals surface area contributed by atoms with Crippen molar-refractivity contribution in [2.45, 2.75) is 64.0 Å². The molecule has 104 valence electrons. The highest BCUT2D eigenvalue weighted by Crippen LogP contribution is 2.55. The Bertz CT molecular complexity index is 441. The Morgan fingerprint density at radius 3 is 2.11 bits per heavy atom. The smallest absolute Gasteiger partial charge is 0.0342 e. The molecule has 0 saturated heterocycles. The molecule has 0 radical (unpaired) electrons. The summed E-state index contributed by atoms with van der Waals surface area (Å²) in [5, 5.41) is 3.65. The molecule has 2 nitrogen and oxygen atoms in total. The second-order valence-corrected chi connectivity index (χ2v) is 7.75. The molecule has 0 bridgehead atoms. The summed E-state index contributed by atoms with van der Waals surface area (Å²) in [6, 6.07) is 10.1. The van der Waals surface area contributed by atoms with E-state index < -0.39 is 0 Å². The summed E-state index contributed by atoms with van der Waals surface area (Å²) in [7, 11) is 0. The maximum Gasteiger partial charge on any atom is 0.0342 e. The monoisotopic (exact) mass is 258 g/mol. The van der Waals surface area contributed by atoms with Crippen LogP contribution in [0.25, 0.3) is 0 Å². The van der Waals surface area contributed by atoms with Gasteiger partial charge in [-0.1, -0.05) is 32.9 Å². The van der Waals surface area contributed by atoms with Crippen molar-refractivity contribution in [2.24, 2.45) is 11.1 Å². The van der Waals surface area contributed by atoms with Crippen LogP contribution in [0, 0.1) is 5.41 Å². The summed E-state index contributed by atoms with van der Waals surface area (Å²) in [4.78, 5) is 0. The Balaban J connectivity index is 1.54. The van der Waals surface area contributed by atoms with Crippen molar-refractivity contribution in [3.63, 3.8) is 0 Å². The molecule has 19 heavy (non-hydrogen) atoms. The van der Waals surface area contributed by atoms with E-state index in [0.29, 0.717) is 17.5 Å².